The van der Waals surface area contributed by atoms with Crippen LogP contribution in [-0.2, 0) is 4.74 Å². The molecular weight excluding hydrogens is 305 g/mol. The van der Waals surface area contributed by atoms with Crippen molar-refractivity contribution in [3.63, 3.8) is 0 Å². The molecule has 1 aromatic rings. The van der Waals surface area contributed by atoms with Gasteiger partial charge in [-0.1, -0.05) is 6.07 Å². The van der Waals surface area contributed by atoms with E-state index in [-0.39, 0.29) is 5.97 Å². The Balaban J connectivity index is 2.97. The van der Waals surface area contributed by atoms with E-state index in [2.05, 4.69) is 22.6 Å². The lowest BCUT2D eigenvalue weighted by molar-refractivity contribution is 0.00708. The number of carbonyl (C=O) groups excluding carboxylic acids is 1. The molecule has 0 radical (unpaired) electrons. The summed E-state index contributed by atoms with van der Waals surface area (Å²) >= 11 is 2.09. The molecule has 0 saturated carbocycles. The fourth-order valence-electron chi connectivity index (χ4n) is 1.05. The van der Waals surface area contributed by atoms with Gasteiger partial charge in [-0.05, 0) is 55.5 Å². The largest absolute Gasteiger partial charge is 0.456 e. The molecule has 0 atom stereocenters. The third-order valence-electron chi connectivity index (χ3n) is 1.67. The minimum Gasteiger partial charge on any atom is -0.456 e. The van der Waals surface area contributed by atoms with Crippen molar-refractivity contribution >= 4 is 34.2 Å². The predicted octanol–water partition coefficient (Wildman–Crippen LogP) is 2.83. The van der Waals surface area contributed by atoms with E-state index < -0.39 is 5.60 Å². The van der Waals surface area contributed by atoms with Gasteiger partial charge in [0.25, 0.3) is 0 Å². The predicted molar refractivity (Wildman–Crippen MR) is 68.7 cm³/mol. The van der Waals surface area contributed by atoms with Crippen molar-refractivity contribution in [1.82, 2.24) is 0 Å². The van der Waals surface area contributed by atoms with Crippen LogP contribution in [-0.4, -0.2) is 11.6 Å². The van der Waals surface area contributed by atoms with Crippen molar-refractivity contribution in [3.05, 3.63) is 27.3 Å². The normalized spacial score (nSPS) is 11.2. The van der Waals surface area contributed by atoms with Gasteiger partial charge in [-0.3, -0.25) is 0 Å². The van der Waals surface area contributed by atoms with Gasteiger partial charge in [0.1, 0.15) is 5.60 Å². The Bertz CT molecular complexity index is 383. The number of nitrogen functional groups attached to an aromatic ring is 1. The van der Waals surface area contributed by atoms with Gasteiger partial charge in [0.15, 0.2) is 0 Å². The number of nitrogens with two attached hydrogens (primary N) is 1. The van der Waals surface area contributed by atoms with Crippen LogP contribution >= 0.6 is 22.6 Å². The van der Waals surface area contributed by atoms with Gasteiger partial charge in [0, 0.05) is 3.57 Å². The lowest BCUT2D eigenvalue weighted by atomic mass is 10.1. The van der Waals surface area contributed by atoms with E-state index in [1.54, 1.807) is 12.1 Å². The molecule has 1 rings (SSSR count). The number of carbonyl (C=O) groups is 1. The maximum absolute atomic E-state index is 11.7. The molecule has 15 heavy (non-hydrogen) atoms. The number of para-hydroxylation sites is 1. The van der Waals surface area contributed by atoms with Gasteiger partial charge in [0.05, 0.1) is 11.3 Å². The van der Waals surface area contributed by atoms with Crippen LogP contribution in [0.25, 0.3) is 0 Å². The Hall–Kier alpha value is -0.780. The number of esters is 1. The van der Waals surface area contributed by atoms with Crippen LogP contribution in [0, 0.1) is 3.57 Å². The summed E-state index contributed by atoms with van der Waals surface area (Å²) in [5.74, 6) is -0.376. The summed E-state index contributed by atoms with van der Waals surface area (Å²) in [5, 5.41) is 0. The highest BCUT2D eigenvalue weighted by atomic mass is 127. The molecule has 0 fully saturated rings. The standard InChI is InChI=1S/C11H14INO2/c1-11(2,3)15-10(14)7-5-4-6-8(12)9(7)13/h4-6H,13H2,1-3H3. The van der Waals surface area contributed by atoms with E-state index in [1.807, 2.05) is 26.8 Å². The maximum atomic E-state index is 11.7. The molecule has 4 heteroatoms. The van der Waals surface area contributed by atoms with E-state index >= 15 is 0 Å². The van der Waals surface area contributed by atoms with Crippen molar-refractivity contribution in [2.24, 2.45) is 0 Å². The zero-order chi connectivity index (χ0) is 11.6. The van der Waals surface area contributed by atoms with Crippen molar-refractivity contribution in [2.45, 2.75) is 26.4 Å². The Labute approximate surface area is 103 Å². The van der Waals surface area contributed by atoms with Crippen LogP contribution in [0.15, 0.2) is 18.2 Å². The summed E-state index contributed by atoms with van der Waals surface area (Å²) in [6, 6.07) is 5.31. The minimum absolute atomic E-state index is 0.376. The average molecular weight is 319 g/mol. The zero-order valence-electron chi connectivity index (χ0n) is 9.00. The Morgan fingerprint density at radius 2 is 2.00 bits per heavy atom. The molecular formula is C11H14INO2. The Morgan fingerprint density at radius 1 is 1.40 bits per heavy atom. The molecule has 0 unspecified atom stereocenters. The summed E-state index contributed by atoms with van der Waals surface area (Å²) in [6.45, 7) is 5.49. The second-order valence-electron chi connectivity index (χ2n) is 4.20. The average Bonchev–Trinajstić information content (AvgIpc) is 2.06. The Kier molecular flexibility index (Phi) is 3.59. The molecule has 0 spiro atoms. The van der Waals surface area contributed by atoms with Crippen LogP contribution in [0.3, 0.4) is 0 Å². The summed E-state index contributed by atoms with van der Waals surface area (Å²) in [4.78, 5) is 11.7. The quantitative estimate of drug-likeness (QED) is 0.492. The van der Waals surface area contributed by atoms with E-state index in [9.17, 15) is 4.79 Å². The number of benzene rings is 1. The summed E-state index contributed by atoms with van der Waals surface area (Å²) in [6.07, 6.45) is 0. The van der Waals surface area contributed by atoms with Gasteiger partial charge < -0.3 is 10.5 Å². The molecule has 0 heterocycles. The number of halogens is 1. The van der Waals surface area contributed by atoms with Gasteiger partial charge in [0.2, 0.25) is 0 Å². The topological polar surface area (TPSA) is 52.3 Å². The van der Waals surface area contributed by atoms with Crippen LogP contribution in [0.1, 0.15) is 31.1 Å². The molecule has 0 aliphatic heterocycles. The van der Waals surface area contributed by atoms with Crippen molar-refractivity contribution in [1.29, 1.82) is 0 Å². The molecule has 3 nitrogen and oxygen atoms in total. The zero-order valence-corrected chi connectivity index (χ0v) is 11.2. The van der Waals surface area contributed by atoms with Crippen LogP contribution in [0.5, 0.6) is 0 Å². The first-order chi connectivity index (χ1) is 6.81. The van der Waals surface area contributed by atoms with E-state index in [4.69, 9.17) is 10.5 Å². The number of anilines is 1. The first-order valence-corrected chi connectivity index (χ1v) is 5.66. The molecule has 0 saturated heterocycles. The summed E-state index contributed by atoms with van der Waals surface area (Å²) < 4.78 is 6.09. The molecule has 1 aromatic carbocycles. The number of ether oxygens (including phenoxy) is 1. The minimum atomic E-state index is -0.495. The van der Waals surface area contributed by atoms with Crippen molar-refractivity contribution < 1.29 is 9.53 Å². The van der Waals surface area contributed by atoms with E-state index in [1.165, 1.54) is 0 Å². The second kappa shape index (κ2) is 4.38. The molecule has 0 amide bonds. The molecule has 0 aliphatic carbocycles. The van der Waals surface area contributed by atoms with Crippen LogP contribution < -0.4 is 5.73 Å². The number of rotatable bonds is 1. The SMILES string of the molecule is CC(C)(C)OC(=O)c1cccc(I)c1N. The maximum Gasteiger partial charge on any atom is 0.340 e. The first kappa shape index (κ1) is 12.3. The van der Waals surface area contributed by atoms with Crippen molar-refractivity contribution in [2.75, 3.05) is 5.73 Å². The first-order valence-electron chi connectivity index (χ1n) is 4.58. The molecule has 2 N–H and O–H groups in total. The summed E-state index contributed by atoms with van der Waals surface area (Å²) in [5.41, 5.74) is 6.21. The number of hydrogen-bond donors (Lipinski definition) is 1. The van der Waals surface area contributed by atoms with E-state index in [0.29, 0.717) is 11.3 Å². The van der Waals surface area contributed by atoms with Gasteiger partial charge >= 0.3 is 5.97 Å². The second-order valence-corrected chi connectivity index (χ2v) is 5.37. The van der Waals surface area contributed by atoms with E-state index in [0.717, 1.165) is 3.57 Å². The molecule has 0 aliphatic rings. The number of hydrogen-bond acceptors (Lipinski definition) is 3. The monoisotopic (exact) mass is 319 g/mol. The molecule has 0 bridgehead atoms. The fraction of sp³-hybridized carbons (Fsp3) is 0.364. The highest BCUT2D eigenvalue weighted by Crippen LogP contribution is 2.21. The highest BCUT2D eigenvalue weighted by molar-refractivity contribution is 14.1. The Morgan fingerprint density at radius 3 is 2.53 bits per heavy atom. The molecule has 82 valence electrons. The highest BCUT2D eigenvalue weighted by Gasteiger charge is 2.20. The van der Waals surface area contributed by atoms with Crippen LogP contribution in [0.4, 0.5) is 5.69 Å². The lowest BCUT2D eigenvalue weighted by Crippen LogP contribution is -2.24. The van der Waals surface area contributed by atoms with Gasteiger partial charge in [-0.25, -0.2) is 4.79 Å². The lowest BCUT2D eigenvalue weighted by Gasteiger charge is -2.20. The van der Waals surface area contributed by atoms with Crippen molar-refractivity contribution in [3.8, 4) is 0 Å². The van der Waals surface area contributed by atoms with Gasteiger partial charge in [-0.2, -0.15) is 0 Å². The summed E-state index contributed by atoms with van der Waals surface area (Å²) in [7, 11) is 0. The smallest absolute Gasteiger partial charge is 0.340 e. The van der Waals surface area contributed by atoms with Crippen LogP contribution in [0.2, 0.25) is 0 Å². The fourth-order valence-corrected chi connectivity index (χ4v) is 1.55. The van der Waals surface area contributed by atoms with Gasteiger partial charge in [-0.15, -0.1) is 0 Å². The molecule has 0 aromatic heterocycles. The third kappa shape index (κ3) is 3.37. The third-order valence-corrected chi connectivity index (χ3v) is 2.61.